The fourth-order valence-corrected chi connectivity index (χ4v) is 2.08. The number of rotatable bonds is 0. The van der Waals surface area contributed by atoms with Crippen LogP contribution in [0.5, 0.6) is 5.75 Å². The van der Waals surface area contributed by atoms with Crippen molar-refractivity contribution in [2.75, 3.05) is 5.73 Å². The number of anilines is 1. The molecule has 4 heteroatoms. The fraction of sp³-hybridized carbons (Fsp3) is 0. The van der Waals surface area contributed by atoms with Crippen molar-refractivity contribution in [1.82, 2.24) is 0 Å². The first kappa shape index (κ1) is 7.90. The predicted octanol–water partition coefficient (Wildman–Crippen LogP) is 2.06. The van der Waals surface area contributed by atoms with Gasteiger partial charge in [-0.15, -0.1) is 11.3 Å². The molecule has 3 N–H and O–H groups in total. The van der Waals surface area contributed by atoms with Crippen molar-refractivity contribution in [3.05, 3.63) is 23.1 Å². The number of nitrogens with two attached hydrogens (primary N) is 1. The number of benzene rings is 1. The standard InChI is InChI=1S/C9H6N2OS/c10-3-5-1-2-7-8(9(5)12)6(11)4-13-7/h1-2,4,12H,11H2. The van der Waals surface area contributed by atoms with Gasteiger partial charge in [0, 0.05) is 10.1 Å². The molecular weight excluding hydrogens is 184 g/mol. The molecule has 0 bridgehead atoms. The van der Waals surface area contributed by atoms with Crippen molar-refractivity contribution < 1.29 is 5.11 Å². The first-order chi connectivity index (χ1) is 6.24. The van der Waals surface area contributed by atoms with Gasteiger partial charge in [0.05, 0.1) is 16.6 Å². The first-order valence-corrected chi connectivity index (χ1v) is 4.50. The van der Waals surface area contributed by atoms with E-state index in [1.165, 1.54) is 11.3 Å². The Morgan fingerprint density at radius 2 is 2.23 bits per heavy atom. The number of aromatic hydroxyl groups is 1. The van der Waals surface area contributed by atoms with Crippen LogP contribution >= 0.6 is 11.3 Å². The number of phenols is 1. The zero-order chi connectivity index (χ0) is 9.42. The predicted molar refractivity (Wildman–Crippen MR) is 52.6 cm³/mol. The minimum atomic E-state index is -0.0150. The van der Waals surface area contributed by atoms with Crippen molar-refractivity contribution in [2.45, 2.75) is 0 Å². The Kier molecular flexibility index (Phi) is 1.61. The molecule has 0 amide bonds. The van der Waals surface area contributed by atoms with Crippen molar-refractivity contribution in [3.8, 4) is 11.8 Å². The van der Waals surface area contributed by atoms with E-state index in [0.29, 0.717) is 11.1 Å². The third kappa shape index (κ3) is 1.02. The maximum atomic E-state index is 9.62. The van der Waals surface area contributed by atoms with Crippen LogP contribution in [-0.4, -0.2) is 5.11 Å². The molecule has 0 saturated carbocycles. The van der Waals surface area contributed by atoms with E-state index in [9.17, 15) is 5.11 Å². The topological polar surface area (TPSA) is 70.0 Å². The lowest BCUT2D eigenvalue weighted by atomic mass is 10.1. The number of thiophene rings is 1. The van der Waals surface area contributed by atoms with Gasteiger partial charge in [-0.25, -0.2) is 0 Å². The van der Waals surface area contributed by atoms with Crippen LogP contribution in [0.3, 0.4) is 0 Å². The van der Waals surface area contributed by atoms with Crippen molar-refractivity contribution >= 4 is 27.1 Å². The van der Waals surface area contributed by atoms with E-state index in [0.717, 1.165) is 4.70 Å². The van der Waals surface area contributed by atoms with E-state index in [2.05, 4.69) is 0 Å². The largest absolute Gasteiger partial charge is 0.506 e. The highest BCUT2D eigenvalue weighted by molar-refractivity contribution is 7.17. The molecule has 0 radical (unpaired) electrons. The molecule has 0 aliphatic heterocycles. The summed E-state index contributed by atoms with van der Waals surface area (Å²) in [5.74, 6) is -0.0150. The van der Waals surface area contributed by atoms with Crippen LogP contribution in [0, 0.1) is 11.3 Å². The third-order valence-electron chi connectivity index (χ3n) is 1.86. The molecule has 1 aromatic carbocycles. The molecule has 1 aromatic heterocycles. The van der Waals surface area contributed by atoms with Crippen LogP contribution in [0.1, 0.15) is 5.56 Å². The van der Waals surface area contributed by atoms with Gasteiger partial charge < -0.3 is 10.8 Å². The van der Waals surface area contributed by atoms with E-state index < -0.39 is 0 Å². The molecule has 0 fully saturated rings. The molecule has 0 atom stereocenters. The smallest absolute Gasteiger partial charge is 0.144 e. The van der Waals surface area contributed by atoms with Crippen molar-refractivity contribution in [1.29, 1.82) is 5.26 Å². The van der Waals surface area contributed by atoms with Crippen LogP contribution < -0.4 is 5.73 Å². The average molecular weight is 190 g/mol. The number of hydrogen-bond donors (Lipinski definition) is 2. The van der Waals surface area contributed by atoms with Gasteiger partial charge in [-0.05, 0) is 12.1 Å². The molecule has 2 aromatic rings. The second-order valence-corrected chi connectivity index (χ2v) is 3.55. The number of nitrogen functional groups attached to an aromatic ring is 1. The highest BCUT2D eigenvalue weighted by atomic mass is 32.1. The summed E-state index contributed by atoms with van der Waals surface area (Å²) in [6.45, 7) is 0. The van der Waals surface area contributed by atoms with E-state index >= 15 is 0 Å². The van der Waals surface area contributed by atoms with E-state index in [1.807, 2.05) is 6.07 Å². The molecule has 0 aliphatic carbocycles. The lowest BCUT2D eigenvalue weighted by molar-refractivity contribution is 0.480. The first-order valence-electron chi connectivity index (χ1n) is 3.63. The monoisotopic (exact) mass is 190 g/mol. The van der Waals surface area contributed by atoms with E-state index in [4.69, 9.17) is 11.0 Å². The molecule has 0 spiro atoms. The quantitative estimate of drug-likeness (QED) is 0.668. The number of hydrogen-bond acceptors (Lipinski definition) is 4. The number of nitrogens with zero attached hydrogens (tertiary/aromatic N) is 1. The van der Waals surface area contributed by atoms with Gasteiger partial charge in [0.2, 0.25) is 0 Å². The summed E-state index contributed by atoms with van der Waals surface area (Å²) in [5, 5.41) is 20.6. The Morgan fingerprint density at radius 1 is 1.46 bits per heavy atom. The Balaban J connectivity index is 2.93. The third-order valence-corrected chi connectivity index (χ3v) is 2.83. The van der Waals surface area contributed by atoms with Gasteiger partial charge in [-0.2, -0.15) is 5.26 Å². The molecule has 64 valence electrons. The van der Waals surface area contributed by atoms with Crippen LogP contribution in [0.15, 0.2) is 17.5 Å². The molecule has 3 nitrogen and oxygen atoms in total. The molecule has 0 saturated heterocycles. The van der Waals surface area contributed by atoms with Crippen molar-refractivity contribution in [3.63, 3.8) is 0 Å². The summed E-state index contributed by atoms with van der Waals surface area (Å²) in [6, 6.07) is 5.28. The normalized spacial score (nSPS) is 10.1. The van der Waals surface area contributed by atoms with Crippen molar-refractivity contribution in [2.24, 2.45) is 0 Å². The van der Waals surface area contributed by atoms with E-state index in [-0.39, 0.29) is 11.3 Å². The summed E-state index contributed by atoms with van der Waals surface area (Å²) in [4.78, 5) is 0. The van der Waals surface area contributed by atoms with Gasteiger partial charge in [0.1, 0.15) is 11.8 Å². The maximum Gasteiger partial charge on any atom is 0.144 e. The summed E-state index contributed by atoms with van der Waals surface area (Å²) < 4.78 is 0.897. The molecule has 0 aliphatic rings. The molecular formula is C9H6N2OS. The number of phenolic OH excluding ortho intramolecular Hbond substituents is 1. The molecule has 13 heavy (non-hydrogen) atoms. The SMILES string of the molecule is N#Cc1ccc2scc(N)c2c1O. The van der Waals surface area contributed by atoms with Crippen LogP contribution in [0.25, 0.3) is 10.1 Å². The zero-order valence-corrected chi connectivity index (χ0v) is 7.43. The second-order valence-electron chi connectivity index (χ2n) is 2.64. The van der Waals surface area contributed by atoms with Gasteiger partial charge in [-0.1, -0.05) is 0 Å². The summed E-state index contributed by atoms with van der Waals surface area (Å²) in [6.07, 6.45) is 0. The zero-order valence-electron chi connectivity index (χ0n) is 6.61. The summed E-state index contributed by atoms with van der Waals surface area (Å²) in [7, 11) is 0. The minimum absolute atomic E-state index is 0.0150. The van der Waals surface area contributed by atoms with Gasteiger partial charge in [0.25, 0.3) is 0 Å². The van der Waals surface area contributed by atoms with Gasteiger partial charge >= 0.3 is 0 Å². The van der Waals surface area contributed by atoms with Crippen LogP contribution in [0.2, 0.25) is 0 Å². The second kappa shape index (κ2) is 2.64. The Labute approximate surface area is 78.6 Å². The van der Waals surface area contributed by atoms with Crippen LogP contribution in [-0.2, 0) is 0 Å². The Morgan fingerprint density at radius 3 is 2.92 bits per heavy atom. The molecule has 2 rings (SSSR count). The highest BCUT2D eigenvalue weighted by Gasteiger charge is 2.09. The fourth-order valence-electron chi connectivity index (χ4n) is 1.23. The average Bonchev–Trinajstić information content (AvgIpc) is 2.49. The minimum Gasteiger partial charge on any atom is -0.506 e. The lowest BCUT2D eigenvalue weighted by Crippen LogP contribution is -1.83. The lowest BCUT2D eigenvalue weighted by Gasteiger charge is -1.98. The Bertz CT molecular complexity index is 510. The maximum absolute atomic E-state index is 9.62. The summed E-state index contributed by atoms with van der Waals surface area (Å²) >= 11 is 1.45. The van der Waals surface area contributed by atoms with E-state index in [1.54, 1.807) is 17.5 Å². The number of nitriles is 1. The molecule has 1 heterocycles. The van der Waals surface area contributed by atoms with Crippen LogP contribution in [0.4, 0.5) is 5.69 Å². The molecule has 0 unspecified atom stereocenters. The number of fused-ring (bicyclic) bond motifs is 1. The van der Waals surface area contributed by atoms with Gasteiger partial charge in [0.15, 0.2) is 0 Å². The summed E-state index contributed by atoms with van der Waals surface area (Å²) in [5.41, 5.74) is 6.43. The van der Waals surface area contributed by atoms with Gasteiger partial charge in [-0.3, -0.25) is 0 Å². The Hall–Kier alpha value is -1.73. The highest BCUT2D eigenvalue weighted by Crippen LogP contribution is 2.36.